The third kappa shape index (κ3) is 5.54. The highest BCUT2D eigenvalue weighted by atomic mass is 35.5. The van der Waals surface area contributed by atoms with Crippen molar-refractivity contribution >= 4 is 23.2 Å². The van der Waals surface area contributed by atoms with Gasteiger partial charge in [0.15, 0.2) is 11.5 Å². The van der Waals surface area contributed by atoms with Gasteiger partial charge in [-0.1, -0.05) is 42.3 Å². The Bertz CT molecular complexity index is 785. The maximum absolute atomic E-state index is 6.50. The van der Waals surface area contributed by atoms with Gasteiger partial charge in [0.1, 0.15) is 6.61 Å². The first-order chi connectivity index (χ1) is 13.6. The van der Waals surface area contributed by atoms with Gasteiger partial charge in [0.25, 0.3) is 0 Å². The van der Waals surface area contributed by atoms with E-state index in [4.69, 9.17) is 32.7 Å². The highest BCUT2D eigenvalue weighted by molar-refractivity contribution is 6.32. The largest absolute Gasteiger partial charge is 0.493 e. The van der Waals surface area contributed by atoms with Crippen LogP contribution in [0.2, 0.25) is 10.0 Å². The summed E-state index contributed by atoms with van der Waals surface area (Å²) < 4.78 is 11.4. The van der Waals surface area contributed by atoms with Gasteiger partial charge in [-0.2, -0.15) is 0 Å². The van der Waals surface area contributed by atoms with Crippen LogP contribution >= 0.6 is 23.2 Å². The minimum Gasteiger partial charge on any atom is -0.493 e. The van der Waals surface area contributed by atoms with Crippen LogP contribution in [-0.4, -0.2) is 37.7 Å². The predicted octanol–water partition coefficient (Wildman–Crippen LogP) is 5.15. The third-order valence-electron chi connectivity index (χ3n) is 5.18. The quantitative estimate of drug-likeness (QED) is 0.605. The Kier molecular flexibility index (Phi) is 7.86. The van der Waals surface area contributed by atoms with Gasteiger partial charge < -0.3 is 14.8 Å². The number of methoxy groups -OCH3 is 1. The highest BCUT2D eigenvalue weighted by Gasteiger charge is 2.22. The van der Waals surface area contributed by atoms with Crippen molar-refractivity contribution in [2.45, 2.75) is 39.0 Å². The molecule has 28 heavy (non-hydrogen) atoms. The van der Waals surface area contributed by atoms with Crippen LogP contribution in [0.25, 0.3) is 0 Å². The number of hydrogen-bond donors (Lipinski definition) is 1. The summed E-state index contributed by atoms with van der Waals surface area (Å²) in [7, 11) is 1.63. The van der Waals surface area contributed by atoms with Crippen LogP contribution in [0.1, 0.15) is 30.9 Å². The number of halogens is 2. The maximum atomic E-state index is 6.50. The molecule has 1 atom stereocenters. The van der Waals surface area contributed by atoms with Gasteiger partial charge in [0.05, 0.1) is 12.1 Å². The number of rotatable bonds is 9. The van der Waals surface area contributed by atoms with Crippen molar-refractivity contribution in [2.24, 2.45) is 0 Å². The molecule has 0 aromatic heterocycles. The monoisotopic (exact) mass is 422 g/mol. The van der Waals surface area contributed by atoms with Gasteiger partial charge in [-0.15, -0.1) is 0 Å². The summed E-state index contributed by atoms with van der Waals surface area (Å²) in [5.74, 6) is 1.20. The van der Waals surface area contributed by atoms with E-state index >= 15 is 0 Å². The second kappa shape index (κ2) is 10.4. The standard InChI is InChI=1S/C22H28Cl2N2O2/c1-3-26-9-5-8-19(26)14-25-13-17-11-20(24)22(21(12-17)27-2)28-15-16-6-4-7-18(23)10-16/h4,6-7,10-12,19,25H,3,5,8-9,13-15H2,1-2H3. The summed E-state index contributed by atoms with van der Waals surface area (Å²) in [4.78, 5) is 2.54. The smallest absolute Gasteiger partial charge is 0.180 e. The molecule has 2 aromatic carbocycles. The summed E-state index contributed by atoms with van der Waals surface area (Å²) in [5.41, 5.74) is 2.06. The molecule has 1 aliphatic heterocycles. The molecule has 1 aliphatic rings. The number of likely N-dealkylation sites (N-methyl/N-ethyl adjacent to an activating group) is 1. The Morgan fingerprint density at radius 1 is 1.18 bits per heavy atom. The first kappa shape index (κ1) is 21.3. The van der Waals surface area contributed by atoms with E-state index in [9.17, 15) is 0 Å². The normalized spacial score (nSPS) is 17.1. The van der Waals surface area contributed by atoms with E-state index in [0.29, 0.717) is 34.2 Å². The van der Waals surface area contributed by atoms with Crippen LogP contribution < -0.4 is 14.8 Å². The van der Waals surface area contributed by atoms with Crippen molar-refractivity contribution in [3.8, 4) is 11.5 Å². The zero-order valence-electron chi connectivity index (χ0n) is 16.5. The van der Waals surface area contributed by atoms with Gasteiger partial charge in [0.2, 0.25) is 0 Å². The molecular weight excluding hydrogens is 395 g/mol. The topological polar surface area (TPSA) is 33.7 Å². The summed E-state index contributed by atoms with van der Waals surface area (Å²) in [6.45, 7) is 6.67. The minimum atomic E-state index is 0.378. The number of likely N-dealkylation sites (tertiary alicyclic amines) is 1. The molecule has 0 aliphatic carbocycles. The molecule has 0 amide bonds. The van der Waals surface area contributed by atoms with Crippen LogP contribution in [-0.2, 0) is 13.2 Å². The second-order valence-corrected chi connectivity index (χ2v) is 7.93. The van der Waals surface area contributed by atoms with Crippen LogP contribution in [0.4, 0.5) is 0 Å². The van der Waals surface area contributed by atoms with Crippen LogP contribution in [0, 0.1) is 0 Å². The Balaban J connectivity index is 1.60. The van der Waals surface area contributed by atoms with Crippen molar-refractivity contribution in [1.82, 2.24) is 10.2 Å². The first-order valence-corrected chi connectivity index (χ1v) is 10.5. The fourth-order valence-corrected chi connectivity index (χ4v) is 4.22. The molecule has 1 N–H and O–H groups in total. The second-order valence-electron chi connectivity index (χ2n) is 7.08. The number of hydrogen-bond acceptors (Lipinski definition) is 4. The van der Waals surface area contributed by atoms with E-state index in [-0.39, 0.29) is 0 Å². The average molecular weight is 423 g/mol. The Morgan fingerprint density at radius 3 is 2.79 bits per heavy atom. The van der Waals surface area contributed by atoms with Gasteiger partial charge in [-0.05, 0) is 61.3 Å². The molecular formula is C22H28Cl2N2O2. The number of benzene rings is 2. The van der Waals surface area contributed by atoms with Gasteiger partial charge in [-0.25, -0.2) is 0 Å². The van der Waals surface area contributed by atoms with Crippen molar-refractivity contribution < 1.29 is 9.47 Å². The van der Waals surface area contributed by atoms with E-state index in [0.717, 1.165) is 30.8 Å². The van der Waals surface area contributed by atoms with Gasteiger partial charge >= 0.3 is 0 Å². The van der Waals surface area contributed by atoms with Gasteiger partial charge in [0, 0.05) is 24.2 Å². The summed E-state index contributed by atoms with van der Waals surface area (Å²) in [5, 5.41) is 4.79. The lowest BCUT2D eigenvalue weighted by Crippen LogP contribution is -2.37. The fraction of sp³-hybridized carbons (Fsp3) is 0.455. The zero-order chi connectivity index (χ0) is 19.9. The van der Waals surface area contributed by atoms with E-state index < -0.39 is 0 Å². The molecule has 0 radical (unpaired) electrons. The molecule has 0 spiro atoms. The first-order valence-electron chi connectivity index (χ1n) is 9.79. The minimum absolute atomic E-state index is 0.378. The average Bonchev–Trinajstić information content (AvgIpc) is 3.14. The number of nitrogens with zero attached hydrogens (tertiary/aromatic N) is 1. The van der Waals surface area contributed by atoms with Crippen LogP contribution in [0.3, 0.4) is 0 Å². The van der Waals surface area contributed by atoms with Crippen molar-refractivity contribution in [2.75, 3.05) is 26.7 Å². The summed E-state index contributed by atoms with van der Waals surface area (Å²) in [6.07, 6.45) is 2.56. The summed E-state index contributed by atoms with van der Waals surface area (Å²) >= 11 is 12.5. The molecule has 4 nitrogen and oxygen atoms in total. The lowest BCUT2D eigenvalue weighted by atomic mass is 10.1. The van der Waals surface area contributed by atoms with Gasteiger partial charge in [-0.3, -0.25) is 4.90 Å². The molecule has 2 aromatic rings. The molecule has 3 rings (SSSR count). The SMILES string of the molecule is CCN1CCCC1CNCc1cc(Cl)c(OCc2cccc(Cl)c2)c(OC)c1. The predicted molar refractivity (Wildman–Crippen MR) is 116 cm³/mol. The lowest BCUT2D eigenvalue weighted by molar-refractivity contribution is 0.260. The lowest BCUT2D eigenvalue weighted by Gasteiger charge is -2.23. The molecule has 6 heteroatoms. The fourth-order valence-electron chi connectivity index (χ4n) is 3.72. The van der Waals surface area contributed by atoms with Crippen molar-refractivity contribution in [3.63, 3.8) is 0 Å². The van der Waals surface area contributed by atoms with E-state index in [1.165, 1.54) is 19.4 Å². The number of ether oxygens (including phenoxy) is 2. The Hall–Kier alpha value is -1.46. The maximum Gasteiger partial charge on any atom is 0.180 e. The van der Waals surface area contributed by atoms with Crippen molar-refractivity contribution in [1.29, 1.82) is 0 Å². The summed E-state index contributed by atoms with van der Waals surface area (Å²) in [6, 6.07) is 12.1. The molecule has 152 valence electrons. The molecule has 1 heterocycles. The molecule has 1 fully saturated rings. The molecule has 1 unspecified atom stereocenters. The van der Waals surface area contributed by atoms with E-state index in [1.54, 1.807) is 7.11 Å². The Labute approximate surface area is 177 Å². The molecule has 1 saturated heterocycles. The zero-order valence-corrected chi connectivity index (χ0v) is 18.0. The molecule has 0 bridgehead atoms. The molecule has 0 saturated carbocycles. The Morgan fingerprint density at radius 2 is 2.04 bits per heavy atom. The highest BCUT2D eigenvalue weighted by Crippen LogP contribution is 2.37. The van der Waals surface area contributed by atoms with E-state index in [2.05, 4.69) is 17.1 Å². The van der Waals surface area contributed by atoms with Crippen LogP contribution in [0.5, 0.6) is 11.5 Å². The van der Waals surface area contributed by atoms with Crippen LogP contribution in [0.15, 0.2) is 36.4 Å². The third-order valence-corrected chi connectivity index (χ3v) is 5.69. The number of nitrogens with one attached hydrogen (secondary N) is 1. The van der Waals surface area contributed by atoms with Crippen molar-refractivity contribution in [3.05, 3.63) is 57.6 Å². The van der Waals surface area contributed by atoms with E-state index in [1.807, 2.05) is 36.4 Å².